The third-order valence-electron chi connectivity index (χ3n) is 2.87. The predicted molar refractivity (Wildman–Crippen MR) is 75.5 cm³/mol. The second-order valence-corrected chi connectivity index (χ2v) is 4.23. The number of methoxy groups -OCH3 is 1. The van der Waals surface area contributed by atoms with Crippen LogP contribution < -0.4 is 5.32 Å². The Hall–Kier alpha value is -1.64. The number of benzene rings is 2. The number of hydrogen-bond donors (Lipinski definition) is 1. The molecule has 2 aromatic rings. The summed E-state index contributed by atoms with van der Waals surface area (Å²) in [5.74, 6) is 0. The largest absolute Gasteiger partial charge is 0.383 e. The molecule has 2 rings (SSSR count). The van der Waals surface area contributed by atoms with Gasteiger partial charge in [-0.1, -0.05) is 54.6 Å². The summed E-state index contributed by atoms with van der Waals surface area (Å²) in [7, 11) is 1.72. The third kappa shape index (κ3) is 3.69. The van der Waals surface area contributed by atoms with E-state index in [-0.39, 0.29) is 0 Å². The first-order chi connectivity index (χ1) is 8.90. The highest BCUT2D eigenvalue weighted by molar-refractivity contribution is 5.63. The molecule has 0 bridgehead atoms. The van der Waals surface area contributed by atoms with Crippen LogP contribution in [-0.4, -0.2) is 20.3 Å². The number of hydrogen-bond acceptors (Lipinski definition) is 2. The molecule has 2 nitrogen and oxygen atoms in total. The standard InChI is InChI=1S/C16H19NO/c1-18-12-11-17-13-14-7-9-16(10-8-14)15-5-3-2-4-6-15/h2-10,17H,11-13H2,1H3. The van der Waals surface area contributed by atoms with Crippen LogP contribution in [0.1, 0.15) is 5.56 Å². The van der Waals surface area contributed by atoms with Crippen LogP contribution >= 0.6 is 0 Å². The molecular formula is C16H19NO. The van der Waals surface area contributed by atoms with Gasteiger partial charge in [-0.3, -0.25) is 0 Å². The fourth-order valence-electron chi connectivity index (χ4n) is 1.85. The molecule has 1 N–H and O–H groups in total. The summed E-state index contributed by atoms with van der Waals surface area (Å²) >= 11 is 0. The van der Waals surface area contributed by atoms with E-state index in [1.165, 1.54) is 16.7 Å². The van der Waals surface area contributed by atoms with Gasteiger partial charge in [0, 0.05) is 20.2 Å². The molecule has 0 aliphatic carbocycles. The zero-order valence-corrected chi connectivity index (χ0v) is 10.7. The highest BCUT2D eigenvalue weighted by Crippen LogP contribution is 2.18. The molecule has 0 atom stereocenters. The van der Waals surface area contributed by atoms with E-state index in [4.69, 9.17) is 4.74 Å². The van der Waals surface area contributed by atoms with E-state index >= 15 is 0 Å². The molecule has 0 saturated heterocycles. The average Bonchev–Trinajstić information content (AvgIpc) is 2.45. The van der Waals surface area contributed by atoms with Gasteiger partial charge >= 0.3 is 0 Å². The minimum Gasteiger partial charge on any atom is -0.383 e. The molecule has 0 unspecified atom stereocenters. The molecule has 2 heteroatoms. The third-order valence-corrected chi connectivity index (χ3v) is 2.87. The Morgan fingerprint density at radius 2 is 1.56 bits per heavy atom. The molecule has 0 radical (unpaired) electrons. The van der Waals surface area contributed by atoms with Crippen LogP contribution in [0.25, 0.3) is 11.1 Å². The second-order valence-electron chi connectivity index (χ2n) is 4.23. The molecule has 0 saturated carbocycles. The lowest BCUT2D eigenvalue weighted by molar-refractivity contribution is 0.199. The quantitative estimate of drug-likeness (QED) is 0.785. The second kappa shape index (κ2) is 6.94. The van der Waals surface area contributed by atoms with Crippen LogP contribution in [0.4, 0.5) is 0 Å². The van der Waals surface area contributed by atoms with Crippen molar-refractivity contribution < 1.29 is 4.74 Å². The van der Waals surface area contributed by atoms with Crippen LogP contribution in [-0.2, 0) is 11.3 Å². The zero-order chi connectivity index (χ0) is 12.6. The molecule has 0 spiro atoms. The monoisotopic (exact) mass is 241 g/mol. The van der Waals surface area contributed by atoms with E-state index in [1.807, 2.05) is 6.07 Å². The van der Waals surface area contributed by atoms with Crippen molar-refractivity contribution in [1.29, 1.82) is 0 Å². The number of nitrogens with one attached hydrogen (secondary N) is 1. The van der Waals surface area contributed by atoms with Crippen LogP contribution in [0.15, 0.2) is 54.6 Å². The Kier molecular flexibility index (Phi) is 4.94. The smallest absolute Gasteiger partial charge is 0.0587 e. The molecular weight excluding hydrogens is 222 g/mol. The van der Waals surface area contributed by atoms with Crippen molar-refractivity contribution in [3.8, 4) is 11.1 Å². The normalized spacial score (nSPS) is 10.5. The number of rotatable bonds is 6. The summed E-state index contributed by atoms with van der Waals surface area (Å²) in [5, 5.41) is 3.34. The Bertz CT molecular complexity index is 450. The van der Waals surface area contributed by atoms with E-state index in [2.05, 4.69) is 53.8 Å². The number of ether oxygens (including phenoxy) is 1. The molecule has 0 amide bonds. The Morgan fingerprint density at radius 1 is 0.889 bits per heavy atom. The van der Waals surface area contributed by atoms with Crippen molar-refractivity contribution >= 4 is 0 Å². The van der Waals surface area contributed by atoms with Gasteiger partial charge in [0.1, 0.15) is 0 Å². The molecule has 94 valence electrons. The fraction of sp³-hybridized carbons (Fsp3) is 0.250. The Morgan fingerprint density at radius 3 is 2.22 bits per heavy atom. The van der Waals surface area contributed by atoms with E-state index in [0.29, 0.717) is 0 Å². The molecule has 18 heavy (non-hydrogen) atoms. The average molecular weight is 241 g/mol. The maximum Gasteiger partial charge on any atom is 0.0587 e. The fourth-order valence-corrected chi connectivity index (χ4v) is 1.85. The maximum atomic E-state index is 4.99. The minimum atomic E-state index is 0.752. The first-order valence-corrected chi connectivity index (χ1v) is 6.24. The van der Waals surface area contributed by atoms with Crippen LogP contribution in [0, 0.1) is 0 Å². The zero-order valence-electron chi connectivity index (χ0n) is 10.7. The van der Waals surface area contributed by atoms with Gasteiger partial charge in [-0.2, -0.15) is 0 Å². The van der Waals surface area contributed by atoms with E-state index in [0.717, 1.165) is 19.7 Å². The van der Waals surface area contributed by atoms with Gasteiger partial charge in [0.2, 0.25) is 0 Å². The van der Waals surface area contributed by atoms with Crippen molar-refractivity contribution in [2.75, 3.05) is 20.3 Å². The SMILES string of the molecule is COCCNCc1ccc(-c2ccccc2)cc1. The van der Waals surface area contributed by atoms with Gasteiger partial charge in [0.05, 0.1) is 6.61 Å². The van der Waals surface area contributed by atoms with E-state index < -0.39 is 0 Å². The lowest BCUT2D eigenvalue weighted by atomic mass is 10.0. The summed E-state index contributed by atoms with van der Waals surface area (Å²) in [6, 6.07) is 19.1. The summed E-state index contributed by atoms with van der Waals surface area (Å²) in [4.78, 5) is 0. The molecule has 2 aromatic carbocycles. The van der Waals surface area contributed by atoms with Gasteiger partial charge in [0.15, 0.2) is 0 Å². The van der Waals surface area contributed by atoms with E-state index in [9.17, 15) is 0 Å². The summed E-state index contributed by atoms with van der Waals surface area (Å²) in [6.45, 7) is 2.53. The molecule has 0 aliphatic rings. The summed E-state index contributed by atoms with van der Waals surface area (Å²) < 4.78 is 4.99. The van der Waals surface area contributed by atoms with Crippen molar-refractivity contribution in [1.82, 2.24) is 5.32 Å². The van der Waals surface area contributed by atoms with Gasteiger partial charge in [-0.15, -0.1) is 0 Å². The van der Waals surface area contributed by atoms with Crippen molar-refractivity contribution in [2.45, 2.75) is 6.54 Å². The maximum absolute atomic E-state index is 4.99. The molecule has 0 aliphatic heterocycles. The topological polar surface area (TPSA) is 21.3 Å². The van der Waals surface area contributed by atoms with Gasteiger partial charge in [-0.05, 0) is 16.7 Å². The predicted octanol–water partition coefficient (Wildman–Crippen LogP) is 3.09. The first-order valence-electron chi connectivity index (χ1n) is 6.24. The summed E-state index contributed by atoms with van der Waals surface area (Å²) in [6.07, 6.45) is 0. The van der Waals surface area contributed by atoms with Gasteiger partial charge in [-0.25, -0.2) is 0 Å². The highest BCUT2D eigenvalue weighted by Gasteiger charge is 1.97. The van der Waals surface area contributed by atoms with Crippen LogP contribution in [0.2, 0.25) is 0 Å². The lowest BCUT2D eigenvalue weighted by Gasteiger charge is -2.06. The van der Waals surface area contributed by atoms with Crippen molar-refractivity contribution in [3.63, 3.8) is 0 Å². The highest BCUT2D eigenvalue weighted by atomic mass is 16.5. The Balaban J connectivity index is 1.94. The molecule has 0 heterocycles. The molecule has 0 aromatic heterocycles. The lowest BCUT2D eigenvalue weighted by Crippen LogP contribution is -2.18. The Labute approximate surface area is 109 Å². The summed E-state index contributed by atoms with van der Waals surface area (Å²) in [5.41, 5.74) is 3.82. The van der Waals surface area contributed by atoms with Crippen molar-refractivity contribution in [3.05, 3.63) is 60.2 Å². The van der Waals surface area contributed by atoms with Gasteiger partial charge in [0.25, 0.3) is 0 Å². The van der Waals surface area contributed by atoms with Crippen LogP contribution in [0.3, 0.4) is 0 Å². The van der Waals surface area contributed by atoms with Gasteiger partial charge < -0.3 is 10.1 Å². The van der Waals surface area contributed by atoms with E-state index in [1.54, 1.807) is 7.11 Å². The molecule has 0 fully saturated rings. The minimum absolute atomic E-state index is 0.752. The first kappa shape index (κ1) is 12.8. The van der Waals surface area contributed by atoms with Crippen LogP contribution in [0.5, 0.6) is 0 Å². The van der Waals surface area contributed by atoms with Crippen molar-refractivity contribution in [2.24, 2.45) is 0 Å².